The Hall–Kier alpha value is -5.62. The van der Waals surface area contributed by atoms with Crippen LogP contribution < -0.4 is 4.74 Å². The highest BCUT2D eigenvalue weighted by atomic mass is 16.5. The number of phenolic OH excluding ortho intramolecular Hbond substituents is 1. The van der Waals surface area contributed by atoms with Gasteiger partial charge in [-0.1, -0.05) is 78.9 Å². The fourth-order valence-electron chi connectivity index (χ4n) is 5.81. The molecule has 6 nitrogen and oxygen atoms in total. The molecule has 2 aromatic heterocycles. The highest BCUT2D eigenvalue weighted by Crippen LogP contribution is 2.44. The van der Waals surface area contributed by atoms with Gasteiger partial charge in [-0.15, -0.1) is 0 Å². The SMILES string of the molecule is COc1ccc(-n2c(C)c(C(=O)c3ccccc3)c3cc(O)c4c(c(-c5ccccc5)nn4-c4ccccc4)c32)cc1. The van der Waals surface area contributed by atoms with Gasteiger partial charge in [0, 0.05) is 27.9 Å². The Labute approximate surface area is 242 Å². The number of carbonyl (C=O) groups excluding carboxylic acids is 1. The molecule has 0 saturated heterocycles. The lowest BCUT2D eigenvalue weighted by molar-refractivity contribution is 0.103. The van der Waals surface area contributed by atoms with Gasteiger partial charge in [0.25, 0.3) is 0 Å². The van der Waals surface area contributed by atoms with Crippen LogP contribution in [0.4, 0.5) is 0 Å². The maximum atomic E-state index is 14.1. The summed E-state index contributed by atoms with van der Waals surface area (Å²) in [5, 5.41) is 18.2. The quantitative estimate of drug-likeness (QED) is 0.214. The van der Waals surface area contributed by atoms with Crippen LogP contribution in [0.5, 0.6) is 11.5 Å². The maximum absolute atomic E-state index is 14.1. The molecule has 0 saturated carbocycles. The number of hydrogen-bond donors (Lipinski definition) is 1. The number of carbonyl (C=O) groups is 1. The molecule has 2 heterocycles. The molecule has 42 heavy (non-hydrogen) atoms. The minimum atomic E-state index is -0.110. The van der Waals surface area contributed by atoms with Gasteiger partial charge in [-0.05, 0) is 49.4 Å². The van der Waals surface area contributed by atoms with Gasteiger partial charge in [-0.2, -0.15) is 5.10 Å². The van der Waals surface area contributed by atoms with Gasteiger partial charge in [-0.25, -0.2) is 4.68 Å². The van der Waals surface area contributed by atoms with E-state index in [-0.39, 0.29) is 11.5 Å². The summed E-state index contributed by atoms with van der Waals surface area (Å²) >= 11 is 0. The summed E-state index contributed by atoms with van der Waals surface area (Å²) in [5.41, 5.74) is 6.55. The topological polar surface area (TPSA) is 69.3 Å². The summed E-state index contributed by atoms with van der Waals surface area (Å²) in [4.78, 5) is 14.1. The van der Waals surface area contributed by atoms with Crippen LogP contribution in [0.15, 0.2) is 121 Å². The maximum Gasteiger partial charge on any atom is 0.195 e. The number of rotatable bonds is 6. The number of hydrogen-bond acceptors (Lipinski definition) is 4. The van der Waals surface area contributed by atoms with Crippen LogP contribution in [0.25, 0.3) is 44.4 Å². The number of fused-ring (bicyclic) bond motifs is 3. The van der Waals surface area contributed by atoms with E-state index < -0.39 is 0 Å². The molecule has 0 fully saturated rings. The van der Waals surface area contributed by atoms with E-state index in [1.165, 1.54) is 0 Å². The molecule has 0 atom stereocenters. The minimum Gasteiger partial charge on any atom is -0.506 e. The van der Waals surface area contributed by atoms with Crippen molar-refractivity contribution in [3.8, 4) is 34.1 Å². The standard InChI is InChI=1S/C36H27N3O3/c1-23-31(36(41)25-14-8-4-9-15-25)29-22-30(40)35-32(34(29)38(23)26-18-20-28(42-2)21-19-26)33(24-12-6-3-7-13-24)37-39(35)27-16-10-5-11-17-27/h3-22,40H,1-2H3. The molecule has 1 N–H and O–H groups in total. The largest absolute Gasteiger partial charge is 0.506 e. The van der Waals surface area contributed by atoms with Crippen LogP contribution in [0.2, 0.25) is 0 Å². The predicted molar refractivity (Wildman–Crippen MR) is 166 cm³/mol. The zero-order valence-electron chi connectivity index (χ0n) is 23.2. The minimum absolute atomic E-state index is 0.0463. The number of ketones is 1. The smallest absolute Gasteiger partial charge is 0.195 e. The highest BCUT2D eigenvalue weighted by molar-refractivity contribution is 6.24. The molecule has 5 aromatic carbocycles. The van der Waals surface area contributed by atoms with Gasteiger partial charge in [0.1, 0.15) is 22.7 Å². The molecule has 0 aliphatic heterocycles. The van der Waals surface area contributed by atoms with E-state index in [9.17, 15) is 9.90 Å². The second-order valence-corrected chi connectivity index (χ2v) is 10.2. The summed E-state index contributed by atoms with van der Waals surface area (Å²) in [7, 11) is 1.64. The third kappa shape index (κ3) is 3.96. The average molecular weight is 550 g/mol. The van der Waals surface area contributed by atoms with Crippen LogP contribution in [-0.2, 0) is 0 Å². The first-order valence-electron chi connectivity index (χ1n) is 13.7. The van der Waals surface area contributed by atoms with Gasteiger partial charge in [-0.3, -0.25) is 4.79 Å². The molecule has 204 valence electrons. The number of aromatic nitrogens is 3. The Balaban J connectivity index is 1.67. The van der Waals surface area contributed by atoms with Crippen molar-refractivity contribution in [3.63, 3.8) is 0 Å². The number of para-hydroxylation sites is 1. The second-order valence-electron chi connectivity index (χ2n) is 10.2. The zero-order valence-corrected chi connectivity index (χ0v) is 23.2. The first kappa shape index (κ1) is 25.4. The van der Waals surface area contributed by atoms with Crippen molar-refractivity contribution in [2.75, 3.05) is 7.11 Å². The highest BCUT2D eigenvalue weighted by Gasteiger charge is 2.28. The number of ether oxygens (including phenoxy) is 1. The molecule has 0 bridgehead atoms. The van der Waals surface area contributed by atoms with Crippen molar-refractivity contribution < 1.29 is 14.6 Å². The second kappa shape index (κ2) is 10.1. The number of nitrogens with zero attached hydrogens (tertiary/aromatic N) is 3. The first-order chi connectivity index (χ1) is 20.6. The number of phenols is 1. The third-order valence-electron chi connectivity index (χ3n) is 7.73. The van der Waals surface area contributed by atoms with Gasteiger partial charge < -0.3 is 14.4 Å². The van der Waals surface area contributed by atoms with E-state index in [1.54, 1.807) is 17.9 Å². The van der Waals surface area contributed by atoms with Gasteiger partial charge >= 0.3 is 0 Å². The van der Waals surface area contributed by atoms with Gasteiger partial charge in [0.05, 0.1) is 29.3 Å². The van der Waals surface area contributed by atoms with Crippen LogP contribution in [-0.4, -0.2) is 32.3 Å². The van der Waals surface area contributed by atoms with E-state index in [1.807, 2.05) is 122 Å². The lowest BCUT2D eigenvalue weighted by Crippen LogP contribution is -2.04. The molecule has 0 spiro atoms. The van der Waals surface area contributed by atoms with Gasteiger partial charge in [0.15, 0.2) is 5.78 Å². The van der Waals surface area contributed by atoms with E-state index in [0.717, 1.165) is 39.3 Å². The molecule has 7 rings (SSSR count). The summed E-state index contributed by atoms with van der Waals surface area (Å²) in [6.07, 6.45) is 0. The molecule has 0 radical (unpaired) electrons. The van der Waals surface area contributed by atoms with Crippen molar-refractivity contribution in [1.29, 1.82) is 0 Å². The van der Waals surface area contributed by atoms with Crippen molar-refractivity contribution in [2.24, 2.45) is 0 Å². The molecular weight excluding hydrogens is 522 g/mol. The average Bonchev–Trinajstić information content (AvgIpc) is 3.58. The number of aromatic hydroxyl groups is 1. The Morgan fingerprint density at radius 3 is 2.02 bits per heavy atom. The van der Waals surface area contributed by atoms with E-state index >= 15 is 0 Å². The van der Waals surface area contributed by atoms with Crippen molar-refractivity contribution in [2.45, 2.75) is 6.92 Å². The van der Waals surface area contributed by atoms with Crippen molar-refractivity contribution >= 4 is 27.6 Å². The molecule has 7 aromatic rings. The monoisotopic (exact) mass is 549 g/mol. The van der Waals surface area contributed by atoms with Crippen LogP contribution in [0, 0.1) is 6.92 Å². The van der Waals surface area contributed by atoms with Crippen molar-refractivity contribution in [3.05, 3.63) is 138 Å². The summed E-state index contributed by atoms with van der Waals surface area (Å²) in [6.45, 7) is 1.95. The predicted octanol–water partition coefficient (Wildman–Crippen LogP) is 7.89. The molecule has 0 unspecified atom stereocenters. The summed E-state index contributed by atoms with van der Waals surface area (Å²) < 4.78 is 9.31. The Morgan fingerprint density at radius 2 is 1.38 bits per heavy atom. The van der Waals surface area contributed by atoms with E-state index in [2.05, 4.69) is 4.57 Å². The number of benzene rings is 5. The van der Waals surface area contributed by atoms with E-state index in [4.69, 9.17) is 9.84 Å². The fraction of sp³-hybridized carbons (Fsp3) is 0.0556. The Bertz CT molecular complexity index is 2080. The third-order valence-corrected chi connectivity index (χ3v) is 7.73. The Kier molecular flexibility index (Phi) is 6.09. The Morgan fingerprint density at radius 1 is 0.762 bits per heavy atom. The molecule has 0 aliphatic rings. The van der Waals surface area contributed by atoms with Crippen LogP contribution in [0.1, 0.15) is 21.6 Å². The van der Waals surface area contributed by atoms with Crippen molar-refractivity contribution in [1.82, 2.24) is 14.3 Å². The lowest BCUT2D eigenvalue weighted by Gasteiger charge is -2.12. The molecule has 0 aliphatic carbocycles. The zero-order chi connectivity index (χ0) is 28.8. The molecule has 6 heteroatoms. The fourth-order valence-corrected chi connectivity index (χ4v) is 5.81. The summed E-state index contributed by atoms with van der Waals surface area (Å²) in [6, 6.07) is 38.4. The number of methoxy groups -OCH3 is 1. The van der Waals surface area contributed by atoms with Crippen LogP contribution in [0.3, 0.4) is 0 Å². The first-order valence-corrected chi connectivity index (χ1v) is 13.7. The molecular formula is C36H27N3O3. The lowest BCUT2D eigenvalue weighted by atomic mass is 9.98. The molecule has 0 amide bonds. The normalized spacial score (nSPS) is 11.3. The summed E-state index contributed by atoms with van der Waals surface area (Å²) in [5.74, 6) is 0.670. The van der Waals surface area contributed by atoms with Gasteiger partial charge in [0.2, 0.25) is 0 Å². The van der Waals surface area contributed by atoms with Crippen LogP contribution >= 0.6 is 0 Å². The van der Waals surface area contributed by atoms with E-state index in [0.29, 0.717) is 27.7 Å².